The molecule has 5 heteroatoms. The summed E-state index contributed by atoms with van der Waals surface area (Å²) in [5.74, 6) is 1.17. The van der Waals surface area contributed by atoms with Crippen LogP contribution in [0.2, 0.25) is 0 Å². The summed E-state index contributed by atoms with van der Waals surface area (Å²) in [6.45, 7) is 0. The van der Waals surface area contributed by atoms with Crippen LogP contribution in [0.5, 0.6) is 0 Å². The average Bonchev–Trinajstić information content (AvgIpc) is 3.05. The van der Waals surface area contributed by atoms with Crippen molar-refractivity contribution >= 4 is 5.91 Å². The van der Waals surface area contributed by atoms with Crippen molar-refractivity contribution in [1.29, 1.82) is 0 Å². The van der Waals surface area contributed by atoms with E-state index in [0.29, 0.717) is 12.3 Å². The minimum absolute atomic E-state index is 0.0305. The van der Waals surface area contributed by atoms with Gasteiger partial charge in [-0.2, -0.15) is 0 Å². The first kappa shape index (κ1) is 17.6. The maximum absolute atomic E-state index is 13.3. The third kappa shape index (κ3) is 4.68. The predicted octanol–water partition coefficient (Wildman–Crippen LogP) is 4.13. The third-order valence-corrected chi connectivity index (χ3v) is 5.13. The number of nitrogens with one attached hydrogen (secondary N) is 1. The van der Waals surface area contributed by atoms with Gasteiger partial charge in [0.25, 0.3) is 0 Å². The molecule has 3 rings (SSSR count). The fourth-order valence-electron chi connectivity index (χ4n) is 3.65. The molecule has 1 aliphatic carbocycles. The van der Waals surface area contributed by atoms with Crippen molar-refractivity contribution in [3.05, 3.63) is 53.9 Å². The molecule has 1 aliphatic rings. The topological polar surface area (TPSA) is 46.9 Å². The van der Waals surface area contributed by atoms with Gasteiger partial charge < -0.3 is 9.88 Å². The van der Waals surface area contributed by atoms with Crippen LogP contribution in [-0.4, -0.2) is 15.5 Å². The van der Waals surface area contributed by atoms with Crippen LogP contribution >= 0.6 is 0 Å². The molecule has 1 unspecified atom stereocenters. The SMILES string of the molecule is Cn1ccnc1C(NC(=O)CCC1CCCCC1)c1ccc(F)cc1. The number of aromatic nitrogens is 2. The van der Waals surface area contributed by atoms with E-state index in [4.69, 9.17) is 0 Å². The molecule has 0 saturated heterocycles. The average molecular weight is 343 g/mol. The molecule has 1 heterocycles. The second-order valence-electron chi connectivity index (χ2n) is 6.99. The molecule has 2 aromatic rings. The molecule has 0 spiro atoms. The van der Waals surface area contributed by atoms with E-state index < -0.39 is 0 Å². The van der Waals surface area contributed by atoms with Crippen molar-refractivity contribution < 1.29 is 9.18 Å². The molecule has 1 amide bonds. The van der Waals surface area contributed by atoms with Crippen molar-refractivity contribution in [1.82, 2.24) is 14.9 Å². The number of imidazole rings is 1. The molecule has 1 atom stereocenters. The number of aryl methyl sites for hydroxylation is 1. The zero-order chi connectivity index (χ0) is 17.6. The van der Waals surface area contributed by atoms with E-state index in [1.807, 2.05) is 17.8 Å². The molecule has 1 fully saturated rings. The fourth-order valence-corrected chi connectivity index (χ4v) is 3.65. The molecule has 1 saturated carbocycles. The van der Waals surface area contributed by atoms with Gasteiger partial charge in [0.2, 0.25) is 5.91 Å². The van der Waals surface area contributed by atoms with Gasteiger partial charge in [-0.3, -0.25) is 4.79 Å². The van der Waals surface area contributed by atoms with Crippen molar-refractivity contribution in [2.24, 2.45) is 13.0 Å². The van der Waals surface area contributed by atoms with Crippen LogP contribution in [-0.2, 0) is 11.8 Å². The lowest BCUT2D eigenvalue weighted by Gasteiger charge is -2.22. The smallest absolute Gasteiger partial charge is 0.220 e. The Morgan fingerprint density at radius 3 is 2.64 bits per heavy atom. The quantitative estimate of drug-likeness (QED) is 0.857. The Bertz CT molecular complexity index is 689. The van der Waals surface area contributed by atoms with Crippen molar-refractivity contribution in [3.63, 3.8) is 0 Å². The monoisotopic (exact) mass is 343 g/mol. The number of hydrogen-bond donors (Lipinski definition) is 1. The highest BCUT2D eigenvalue weighted by Gasteiger charge is 2.22. The van der Waals surface area contributed by atoms with Gasteiger partial charge in [-0.25, -0.2) is 9.37 Å². The lowest BCUT2D eigenvalue weighted by Crippen LogP contribution is -2.31. The Morgan fingerprint density at radius 1 is 1.28 bits per heavy atom. The van der Waals surface area contributed by atoms with Gasteiger partial charge in [-0.05, 0) is 30.0 Å². The molecule has 0 aliphatic heterocycles. The number of hydrogen-bond acceptors (Lipinski definition) is 2. The molecular formula is C20H26FN3O. The third-order valence-electron chi connectivity index (χ3n) is 5.13. The molecule has 1 aromatic carbocycles. The molecule has 0 radical (unpaired) electrons. The molecule has 0 bridgehead atoms. The summed E-state index contributed by atoms with van der Waals surface area (Å²) in [5, 5.41) is 3.09. The van der Waals surface area contributed by atoms with E-state index in [1.54, 1.807) is 18.3 Å². The van der Waals surface area contributed by atoms with Crippen molar-refractivity contribution in [2.45, 2.75) is 51.0 Å². The number of nitrogens with zero attached hydrogens (tertiary/aromatic N) is 2. The summed E-state index contributed by atoms with van der Waals surface area (Å²) < 4.78 is 15.1. The fraction of sp³-hybridized carbons (Fsp3) is 0.500. The van der Waals surface area contributed by atoms with Gasteiger partial charge >= 0.3 is 0 Å². The largest absolute Gasteiger partial charge is 0.342 e. The Morgan fingerprint density at radius 2 is 2.00 bits per heavy atom. The lowest BCUT2D eigenvalue weighted by atomic mass is 9.86. The summed E-state index contributed by atoms with van der Waals surface area (Å²) in [4.78, 5) is 16.9. The van der Waals surface area contributed by atoms with Gasteiger partial charge in [0, 0.05) is 25.9 Å². The number of rotatable bonds is 6. The van der Waals surface area contributed by atoms with E-state index in [0.717, 1.165) is 17.8 Å². The van der Waals surface area contributed by atoms with Crippen LogP contribution in [0.4, 0.5) is 4.39 Å². The van der Waals surface area contributed by atoms with Gasteiger partial charge in [0.05, 0.1) is 0 Å². The van der Waals surface area contributed by atoms with Crippen LogP contribution in [0.1, 0.15) is 62.4 Å². The van der Waals surface area contributed by atoms with Crippen LogP contribution in [0.3, 0.4) is 0 Å². The number of amides is 1. The van der Waals surface area contributed by atoms with E-state index in [-0.39, 0.29) is 17.8 Å². The number of halogens is 1. The second kappa shape index (κ2) is 8.28. The minimum Gasteiger partial charge on any atom is -0.342 e. The Balaban J connectivity index is 1.68. The Kier molecular flexibility index (Phi) is 5.84. The molecule has 134 valence electrons. The van der Waals surface area contributed by atoms with Gasteiger partial charge in [-0.15, -0.1) is 0 Å². The normalized spacial score (nSPS) is 16.6. The summed E-state index contributed by atoms with van der Waals surface area (Å²) in [6, 6.07) is 5.88. The van der Waals surface area contributed by atoms with Crippen LogP contribution in [0, 0.1) is 11.7 Å². The van der Waals surface area contributed by atoms with Crippen LogP contribution in [0.15, 0.2) is 36.7 Å². The highest BCUT2D eigenvalue weighted by Crippen LogP contribution is 2.27. The maximum Gasteiger partial charge on any atom is 0.220 e. The first-order valence-corrected chi connectivity index (χ1v) is 9.15. The standard InChI is InChI=1S/C20H26FN3O/c1-24-14-13-22-20(24)19(16-8-10-17(21)11-9-16)23-18(25)12-7-15-5-3-2-4-6-15/h8-11,13-15,19H,2-7,12H2,1H3,(H,23,25). The van der Waals surface area contributed by atoms with Crippen molar-refractivity contribution in [2.75, 3.05) is 0 Å². The van der Waals surface area contributed by atoms with E-state index in [2.05, 4.69) is 10.3 Å². The number of carbonyl (C=O) groups is 1. The van der Waals surface area contributed by atoms with Gasteiger partial charge in [0.1, 0.15) is 17.7 Å². The molecule has 4 nitrogen and oxygen atoms in total. The first-order valence-electron chi connectivity index (χ1n) is 9.15. The number of carbonyl (C=O) groups excluding carboxylic acids is 1. The lowest BCUT2D eigenvalue weighted by molar-refractivity contribution is -0.122. The molecule has 1 N–H and O–H groups in total. The maximum atomic E-state index is 13.3. The molecule has 1 aromatic heterocycles. The minimum atomic E-state index is -0.362. The summed E-state index contributed by atoms with van der Waals surface area (Å²) in [6.07, 6.45) is 11.4. The highest BCUT2D eigenvalue weighted by molar-refractivity contribution is 5.76. The molecular weight excluding hydrogens is 317 g/mol. The predicted molar refractivity (Wildman–Crippen MR) is 95.4 cm³/mol. The summed E-state index contributed by atoms with van der Waals surface area (Å²) in [7, 11) is 1.90. The summed E-state index contributed by atoms with van der Waals surface area (Å²) in [5.41, 5.74) is 0.835. The zero-order valence-electron chi connectivity index (χ0n) is 14.7. The van der Waals surface area contributed by atoms with Gasteiger partial charge in [-0.1, -0.05) is 44.2 Å². The Hall–Kier alpha value is -2.17. The first-order chi connectivity index (χ1) is 12.1. The molecule has 25 heavy (non-hydrogen) atoms. The highest BCUT2D eigenvalue weighted by atomic mass is 19.1. The van der Waals surface area contributed by atoms with Crippen LogP contribution in [0.25, 0.3) is 0 Å². The second-order valence-corrected chi connectivity index (χ2v) is 6.99. The van der Waals surface area contributed by atoms with Crippen LogP contribution < -0.4 is 5.32 Å². The zero-order valence-corrected chi connectivity index (χ0v) is 14.7. The van der Waals surface area contributed by atoms with Gasteiger partial charge in [0.15, 0.2) is 0 Å². The number of benzene rings is 1. The van der Waals surface area contributed by atoms with E-state index >= 15 is 0 Å². The Labute approximate surface area is 148 Å². The van der Waals surface area contributed by atoms with E-state index in [9.17, 15) is 9.18 Å². The summed E-state index contributed by atoms with van der Waals surface area (Å²) >= 11 is 0. The van der Waals surface area contributed by atoms with E-state index in [1.165, 1.54) is 44.2 Å². The van der Waals surface area contributed by atoms with Crippen molar-refractivity contribution in [3.8, 4) is 0 Å².